The highest BCUT2D eigenvalue weighted by atomic mass is 32.2. The molecule has 2 aliphatic heterocycles. The monoisotopic (exact) mass is 400 g/mol. The third-order valence-electron chi connectivity index (χ3n) is 5.00. The molecule has 3 aromatic rings. The quantitative estimate of drug-likeness (QED) is 0.686. The van der Waals surface area contributed by atoms with Gasteiger partial charge in [-0.2, -0.15) is 11.8 Å². The van der Waals surface area contributed by atoms with Crippen molar-refractivity contribution in [2.45, 2.75) is 25.8 Å². The SMILES string of the molecule is C1CCSC1.CC1COCCN1c1ccnc(-c2cc(F)cc3[nH]ccc23)n1. The van der Waals surface area contributed by atoms with Gasteiger partial charge in [-0.1, -0.05) is 0 Å². The average Bonchev–Trinajstić information content (AvgIpc) is 3.43. The number of aromatic amines is 1. The molecule has 28 heavy (non-hydrogen) atoms. The molecule has 1 N–H and O–H groups in total. The van der Waals surface area contributed by atoms with Gasteiger partial charge >= 0.3 is 0 Å². The van der Waals surface area contributed by atoms with Crippen LogP contribution in [0.4, 0.5) is 10.2 Å². The Bertz CT molecular complexity index is 920. The lowest BCUT2D eigenvalue weighted by molar-refractivity contribution is 0.0985. The Hall–Kier alpha value is -2.12. The minimum Gasteiger partial charge on any atom is -0.377 e. The number of nitrogens with one attached hydrogen (secondary N) is 1. The summed E-state index contributed by atoms with van der Waals surface area (Å²) in [6, 6.07) is 7.02. The normalized spacial score (nSPS) is 19.5. The number of rotatable bonds is 2. The molecule has 2 saturated heterocycles. The fraction of sp³-hybridized carbons (Fsp3) is 0.429. The molecule has 4 heterocycles. The number of morpholine rings is 1. The third-order valence-corrected chi connectivity index (χ3v) is 6.16. The van der Waals surface area contributed by atoms with E-state index in [4.69, 9.17) is 4.74 Å². The first kappa shape index (κ1) is 19.2. The fourth-order valence-electron chi connectivity index (χ4n) is 3.53. The second-order valence-corrected chi connectivity index (χ2v) is 8.29. The Morgan fingerprint density at radius 3 is 2.86 bits per heavy atom. The predicted molar refractivity (Wildman–Crippen MR) is 113 cm³/mol. The standard InChI is InChI=1S/C17H17FN4O.C4H8S/c1-11-10-23-7-6-22(11)16-3-5-20-17(21-16)14-8-12(18)9-15-13(14)2-4-19-15;1-2-4-5-3-1/h2-5,8-9,11,19H,6-7,10H2,1H3;1-4H2. The van der Waals surface area contributed by atoms with Crippen molar-refractivity contribution in [1.82, 2.24) is 15.0 Å². The molecule has 2 aliphatic rings. The van der Waals surface area contributed by atoms with Gasteiger partial charge in [0.05, 0.1) is 19.3 Å². The lowest BCUT2D eigenvalue weighted by Crippen LogP contribution is -2.44. The Morgan fingerprint density at radius 2 is 2.11 bits per heavy atom. The van der Waals surface area contributed by atoms with Gasteiger partial charge in [-0.15, -0.1) is 0 Å². The van der Waals surface area contributed by atoms with E-state index in [2.05, 4.69) is 38.5 Å². The van der Waals surface area contributed by atoms with Crippen molar-refractivity contribution < 1.29 is 9.13 Å². The zero-order chi connectivity index (χ0) is 19.3. The molecule has 0 bridgehead atoms. The second kappa shape index (κ2) is 8.92. The smallest absolute Gasteiger partial charge is 0.162 e. The topological polar surface area (TPSA) is 54.0 Å². The van der Waals surface area contributed by atoms with Gasteiger partial charge in [-0.3, -0.25) is 0 Å². The van der Waals surface area contributed by atoms with Crippen LogP contribution >= 0.6 is 11.8 Å². The minimum atomic E-state index is -0.302. The molecule has 1 unspecified atom stereocenters. The number of hydrogen-bond donors (Lipinski definition) is 1. The average molecular weight is 401 g/mol. The summed E-state index contributed by atoms with van der Waals surface area (Å²) in [7, 11) is 0. The molecule has 0 spiro atoms. The van der Waals surface area contributed by atoms with Crippen LogP contribution in [0.3, 0.4) is 0 Å². The summed E-state index contributed by atoms with van der Waals surface area (Å²) >= 11 is 2.07. The van der Waals surface area contributed by atoms with E-state index in [0.29, 0.717) is 24.6 Å². The molecule has 5 rings (SSSR count). The molecule has 2 aromatic heterocycles. The maximum Gasteiger partial charge on any atom is 0.162 e. The van der Waals surface area contributed by atoms with Gasteiger partial charge in [0.1, 0.15) is 11.6 Å². The number of thioether (sulfide) groups is 1. The third kappa shape index (κ3) is 4.31. The number of fused-ring (bicyclic) bond motifs is 1. The highest BCUT2D eigenvalue weighted by molar-refractivity contribution is 7.99. The van der Waals surface area contributed by atoms with Gasteiger partial charge < -0.3 is 14.6 Å². The van der Waals surface area contributed by atoms with Crippen molar-refractivity contribution in [3.8, 4) is 11.4 Å². The molecule has 148 valence electrons. The first-order chi connectivity index (χ1) is 13.7. The number of anilines is 1. The number of benzene rings is 1. The van der Waals surface area contributed by atoms with Crippen LogP contribution in [0.5, 0.6) is 0 Å². The number of aromatic nitrogens is 3. The largest absolute Gasteiger partial charge is 0.377 e. The number of halogens is 1. The second-order valence-electron chi connectivity index (χ2n) is 7.07. The molecule has 2 fully saturated rings. The van der Waals surface area contributed by atoms with Crippen molar-refractivity contribution >= 4 is 28.5 Å². The zero-order valence-electron chi connectivity index (χ0n) is 16.0. The number of ether oxygens (including phenoxy) is 1. The summed E-state index contributed by atoms with van der Waals surface area (Å²) in [6.45, 7) is 4.26. The summed E-state index contributed by atoms with van der Waals surface area (Å²) in [5, 5.41) is 0.915. The van der Waals surface area contributed by atoms with E-state index < -0.39 is 0 Å². The summed E-state index contributed by atoms with van der Waals surface area (Å²) in [5.74, 6) is 3.91. The number of H-pyrrole nitrogens is 1. The van der Waals surface area contributed by atoms with E-state index in [-0.39, 0.29) is 11.9 Å². The van der Waals surface area contributed by atoms with Crippen LogP contribution in [0.15, 0.2) is 36.7 Å². The molecule has 1 aromatic carbocycles. The van der Waals surface area contributed by atoms with Crippen LogP contribution in [0.1, 0.15) is 19.8 Å². The van der Waals surface area contributed by atoms with Crippen molar-refractivity contribution in [1.29, 1.82) is 0 Å². The minimum absolute atomic E-state index is 0.256. The Labute approximate surface area is 168 Å². The van der Waals surface area contributed by atoms with Gasteiger partial charge in [0, 0.05) is 35.4 Å². The predicted octanol–water partition coefficient (Wildman–Crippen LogP) is 4.50. The molecule has 0 aliphatic carbocycles. The van der Waals surface area contributed by atoms with E-state index in [1.807, 2.05) is 12.1 Å². The lowest BCUT2D eigenvalue weighted by Gasteiger charge is -2.34. The van der Waals surface area contributed by atoms with Gasteiger partial charge in [-0.25, -0.2) is 14.4 Å². The molecular formula is C21H25FN4OS. The molecule has 0 amide bonds. The van der Waals surface area contributed by atoms with Gasteiger partial charge in [0.25, 0.3) is 0 Å². The van der Waals surface area contributed by atoms with Gasteiger partial charge in [-0.05, 0) is 55.5 Å². The molecule has 0 radical (unpaired) electrons. The Balaban J connectivity index is 0.000000336. The lowest BCUT2D eigenvalue weighted by atomic mass is 10.1. The zero-order valence-corrected chi connectivity index (χ0v) is 16.8. The first-order valence-corrected chi connectivity index (χ1v) is 10.9. The van der Waals surface area contributed by atoms with E-state index in [1.165, 1.54) is 36.5 Å². The maximum atomic E-state index is 13.9. The van der Waals surface area contributed by atoms with Crippen LogP contribution in [-0.2, 0) is 4.74 Å². The summed E-state index contributed by atoms with van der Waals surface area (Å²) in [6.07, 6.45) is 6.44. The van der Waals surface area contributed by atoms with E-state index in [1.54, 1.807) is 12.4 Å². The van der Waals surface area contributed by atoms with Crippen LogP contribution < -0.4 is 4.90 Å². The maximum absolute atomic E-state index is 13.9. The van der Waals surface area contributed by atoms with Gasteiger partial charge in [0.15, 0.2) is 5.82 Å². The summed E-state index contributed by atoms with van der Waals surface area (Å²) in [5.41, 5.74) is 1.44. The molecule has 5 nitrogen and oxygen atoms in total. The fourth-order valence-corrected chi connectivity index (χ4v) is 4.55. The first-order valence-electron chi connectivity index (χ1n) is 9.74. The highest BCUT2D eigenvalue weighted by Crippen LogP contribution is 2.28. The number of nitrogens with zero attached hydrogens (tertiary/aromatic N) is 3. The molecule has 1 atom stereocenters. The van der Waals surface area contributed by atoms with E-state index >= 15 is 0 Å². The van der Waals surface area contributed by atoms with Crippen molar-refractivity contribution in [2.75, 3.05) is 36.2 Å². The van der Waals surface area contributed by atoms with Gasteiger partial charge in [0.2, 0.25) is 0 Å². The molecular weight excluding hydrogens is 375 g/mol. The summed E-state index contributed by atoms with van der Waals surface area (Å²) in [4.78, 5) is 14.2. The molecule has 7 heteroatoms. The van der Waals surface area contributed by atoms with E-state index in [0.717, 1.165) is 23.3 Å². The molecule has 0 saturated carbocycles. The van der Waals surface area contributed by atoms with E-state index in [9.17, 15) is 4.39 Å². The van der Waals surface area contributed by atoms with Crippen LogP contribution in [-0.4, -0.2) is 52.3 Å². The Morgan fingerprint density at radius 1 is 1.25 bits per heavy atom. The van der Waals surface area contributed by atoms with Crippen molar-refractivity contribution in [3.05, 3.63) is 42.5 Å². The van der Waals surface area contributed by atoms with Crippen LogP contribution in [0, 0.1) is 5.82 Å². The highest BCUT2D eigenvalue weighted by Gasteiger charge is 2.21. The van der Waals surface area contributed by atoms with Crippen molar-refractivity contribution in [2.24, 2.45) is 0 Å². The summed E-state index contributed by atoms with van der Waals surface area (Å²) < 4.78 is 19.3. The van der Waals surface area contributed by atoms with Crippen LogP contribution in [0.25, 0.3) is 22.3 Å². The number of hydrogen-bond acceptors (Lipinski definition) is 5. The van der Waals surface area contributed by atoms with Crippen LogP contribution in [0.2, 0.25) is 0 Å². The van der Waals surface area contributed by atoms with Crippen molar-refractivity contribution in [3.63, 3.8) is 0 Å². The Kier molecular flexibility index (Phi) is 6.12.